The lowest BCUT2D eigenvalue weighted by atomic mass is 9.95. The summed E-state index contributed by atoms with van der Waals surface area (Å²) in [5.41, 5.74) is 0.275. The van der Waals surface area contributed by atoms with Gasteiger partial charge in [-0.1, -0.05) is 24.3 Å². The van der Waals surface area contributed by atoms with E-state index >= 15 is 0 Å². The van der Waals surface area contributed by atoms with Crippen LogP contribution >= 0.6 is 0 Å². The molecule has 0 spiro atoms. The summed E-state index contributed by atoms with van der Waals surface area (Å²) in [5, 5.41) is 7.13. The van der Waals surface area contributed by atoms with Gasteiger partial charge in [-0.05, 0) is 60.2 Å². The van der Waals surface area contributed by atoms with E-state index in [2.05, 4.69) is 20.4 Å². The Morgan fingerprint density at radius 3 is 2.51 bits per heavy atom. The van der Waals surface area contributed by atoms with Gasteiger partial charge in [0.25, 0.3) is 12.3 Å². The maximum atomic E-state index is 14.8. The highest BCUT2D eigenvalue weighted by molar-refractivity contribution is 5.85. The van der Waals surface area contributed by atoms with Crippen LogP contribution in [0.4, 0.5) is 31.1 Å². The van der Waals surface area contributed by atoms with Gasteiger partial charge in [0.05, 0.1) is 17.3 Å². The van der Waals surface area contributed by atoms with Crippen molar-refractivity contribution in [2.24, 2.45) is 5.92 Å². The molecule has 1 saturated carbocycles. The van der Waals surface area contributed by atoms with Crippen LogP contribution in [0.15, 0.2) is 73.1 Å². The van der Waals surface area contributed by atoms with Crippen molar-refractivity contribution < 1.29 is 31.1 Å². The van der Waals surface area contributed by atoms with Crippen molar-refractivity contribution in [1.82, 2.24) is 25.1 Å². The summed E-state index contributed by atoms with van der Waals surface area (Å²) in [7, 11) is 0. The molecule has 0 radical (unpaired) electrons. The first-order valence-corrected chi connectivity index (χ1v) is 13.5. The minimum absolute atomic E-state index is 0.0404. The predicted molar refractivity (Wildman–Crippen MR) is 144 cm³/mol. The number of fused-ring (bicyclic) bond motifs is 4. The number of nitrogens with zero attached hydrogens (tertiary/aromatic N) is 4. The smallest absolute Gasteiger partial charge is 0.327 e. The van der Waals surface area contributed by atoms with Crippen LogP contribution < -0.4 is 5.32 Å². The predicted octanol–water partition coefficient (Wildman–Crippen LogP) is 7.46. The molecule has 3 aromatic heterocycles. The van der Waals surface area contributed by atoms with Gasteiger partial charge in [-0.25, -0.2) is 22.4 Å². The molecule has 3 atom stereocenters. The van der Waals surface area contributed by atoms with Crippen LogP contribution in [-0.2, 0) is 12.3 Å². The molecule has 0 saturated heterocycles. The second-order valence-corrected chi connectivity index (χ2v) is 10.8. The van der Waals surface area contributed by atoms with Gasteiger partial charge < -0.3 is 5.32 Å². The minimum atomic E-state index is -3.42. The Labute approximate surface area is 240 Å². The van der Waals surface area contributed by atoms with Crippen LogP contribution in [-0.4, -0.2) is 25.8 Å². The first-order valence-electron chi connectivity index (χ1n) is 13.5. The number of amides is 1. The second-order valence-electron chi connectivity index (χ2n) is 10.8. The Balaban J connectivity index is 1.31. The molecule has 7 rings (SSSR count). The summed E-state index contributed by atoms with van der Waals surface area (Å²) in [6, 6.07) is 13.0. The molecule has 3 heterocycles. The molecule has 2 aromatic carbocycles. The number of alkyl halides is 4. The van der Waals surface area contributed by atoms with Crippen molar-refractivity contribution in [2.45, 2.75) is 37.1 Å². The summed E-state index contributed by atoms with van der Waals surface area (Å²) in [6.07, 6.45) is -0.332. The Morgan fingerprint density at radius 1 is 1.00 bits per heavy atom. The molecule has 43 heavy (non-hydrogen) atoms. The SMILES string of the molecule is O=C(N[C@@H](Cc1cc(F)cc(F)c1)c1ncccc1-c1ccc2cccnc2c1)n1nc2c(c1C(F)F)C1CC1C2(F)F. The van der Waals surface area contributed by atoms with Gasteiger partial charge in [0.1, 0.15) is 23.0 Å². The highest BCUT2D eigenvalue weighted by atomic mass is 19.3. The highest BCUT2D eigenvalue weighted by Gasteiger charge is 2.67. The molecule has 1 fully saturated rings. The fourth-order valence-corrected chi connectivity index (χ4v) is 6.07. The Morgan fingerprint density at radius 2 is 1.74 bits per heavy atom. The van der Waals surface area contributed by atoms with Crippen LogP contribution in [0.3, 0.4) is 0 Å². The number of carbonyl (C=O) groups is 1. The first kappa shape index (κ1) is 27.1. The zero-order valence-corrected chi connectivity index (χ0v) is 22.1. The number of aromatic nitrogens is 4. The van der Waals surface area contributed by atoms with E-state index < -0.39 is 59.3 Å². The molecule has 5 aromatic rings. The number of rotatable bonds is 6. The van der Waals surface area contributed by atoms with Gasteiger partial charge in [-0.15, -0.1) is 0 Å². The number of hydrogen-bond acceptors (Lipinski definition) is 4. The highest BCUT2D eigenvalue weighted by Crippen LogP contribution is 2.67. The molecule has 0 aliphatic heterocycles. The molecule has 2 aliphatic carbocycles. The van der Waals surface area contributed by atoms with Crippen molar-refractivity contribution in [3.8, 4) is 11.1 Å². The van der Waals surface area contributed by atoms with E-state index in [4.69, 9.17) is 0 Å². The quantitative estimate of drug-likeness (QED) is 0.208. The van der Waals surface area contributed by atoms with E-state index in [-0.39, 0.29) is 29.7 Å². The maximum absolute atomic E-state index is 14.8. The summed E-state index contributed by atoms with van der Waals surface area (Å²) in [6.45, 7) is 0. The molecule has 218 valence electrons. The van der Waals surface area contributed by atoms with Crippen LogP contribution in [0, 0.1) is 17.6 Å². The largest absolute Gasteiger partial charge is 0.343 e. The Kier molecular flexibility index (Phi) is 6.26. The number of nitrogens with one attached hydrogen (secondary N) is 1. The van der Waals surface area contributed by atoms with Gasteiger partial charge in [-0.2, -0.15) is 18.6 Å². The molecule has 0 bridgehead atoms. The van der Waals surface area contributed by atoms with E-state index in [0.29, 0.717) is 27.4 Å². The monoisotopic (exact) mass is 593 g/mol. The lowest BCUT2D eigenvalue weighted by Crippen LogP contribution is -2.36. The maximum Gasteiger partial charge on any atom is 0.343 e. The van der Waals surface area contributed by atoms with E-state index in [1.807, 2.05) is 18.2 Å². The number of halogens is 6. The number of carbonyl (C=O) groups excluding carboxylic acids is 1. The van der Waals surface area contributed by atoms with Crippen LogP contribution in [0.1, 0.15) is 53.0 Å². The van der Waals surface area contributed by atoms with E-state index in [0.717, 1.165) is 17.5 Å². The van der Waals surface area contributed by atoms with Gasteiger partial charge in [-0.3, -0.25) is 9.97 Å². The molecule has 2 unspecified atom stereocenters. The van der Waals surface area contributed by atoms with Gasteiger partial charge in [0.15, 0.2) is 0 Å². The summed E-state index contributed by atoms with van der Waals surface area (Å²) < 4.78 is 86.6. The van der Waals surface area contributed by atoms with Crippen molar-refractivity contribution >= 4 is 16.9 Å². The molecular formula is C31H21F6N5O. The molecule has 6 nitrogen and oxygen atoms in total. The standard InChI is InChI=1S/C31H21F6N5O/c32-18-9-15(10-19(33)13-18)11-24(26-20(4-2-8-39-26)17-6-5-16-3-1-7-38-23(16)12-17)40-30(43)42-27(29(34)35)25-21-14-22(21)31(36,37)28(25)41-42/h1-10,12-13,21-22,24,29H,11,14H2,(H,40,43)/t21?,22?,24-/m0/s1. The zero-order chi connectivity index (χ0) is 30.0. The van der Waals surface area contributed by atoms with Crippen molar-refractivity contribution in [2.75, 3.05) is 0 Å². The zero-order valence-electron chi connectivity index (χ0n) is 22.1. The Bertz CT molecular complexity index is 1890. The fraction of sp³-hybridized carbons (Fsp3) is 0.226. The third-order valence-electron chi connectivity index (χ3n) is 8.05. The number of benzene rings is 2. The van der Waals surface area contributed by atoms with Crippen LogP contribution in [0.2, 0.25) is 0 Å². The molecule has 12 heteroatoms. The molecule has 1 amide bonds. The number of pyridine rings is 2. The minimum Gasteiger partial charge on any atom is -0.327 e. The summed E-state index contributed by atoms with van der Waals surface area (Å²) in [5.74, 6) is -7.02. The molecule has 1 N–H and O–H groups in total. The summed E-state index contributed by atoms with van der Waals surface area (Å²) in [4.78, 5) is 22.4. The van der Waals surface area contributed by atoms with Crippen molar-refractivity contribution in [1.29, 1.82) is 0 Å². The van der Waals surface area contributed by atoms with Gasteiger partial charge >= 0.3 is 6.03 Å². The van der Waals surface area contributed by atoms with E-state index in [1.54, 1.807) is 30.5 Å². The van der Waals surface area contributed by atoms with Crippen molar-refractivity contribution in [3.63, 3.8) is 0 Å². The number of hydrogen-bond donors (Lipinski definition) is 1. The summed E-state index contributed by atoms with van der Waals surface area (Å²) >= 11 is 0. The lowest BCUT2D eigenvalue weighted by molar-refractivity contribution is -0.0271. The topological polar surface area (TPSA) is 72.7 Å². The third-order valence-corrected chi connectivity index (χ3v) is 8.05. The third kappa shape index (κ3) is 4.61. The molecule has 2 aliphatic rings. The second kappa shape index (κ2) is 9.92. The molecular weight excluding hydrogens is 572 g/mol. The van der Waals surface area contributed by atoms with Crippen molar-refractivity contribution in [3.05, 3.63) is 113 Å². The van der Waals surface area contributed by atoms with E-state index in [1.165, 1.54) is 6.20 Å². The van der Waals surface area contributed by atoms with Gasteiger partial charge in [0, 0.05) is 40.9 Å². The van der Waals surface area contributed by atoms with E-state index in [9.17, 15) is 31.1 Å². The lowest BCUT2D eigenvalue weighted by Gasteiger charge is -2.22. The van der Waals surface area contributed by atoms with Crippen LogP contribution in [0.5, 0.6) is 0 Å². The van der Waals surface area contributed by atoms with Gasteiger partial charge in [0.2, 0.25) is 0 Å². The average molecular weight is 594 g/mol. The first-order chi connectivity index (χ1) is 20.6. The normalized spacial score (nSPS) is 18.9. The Hall–Kier alpha value is -4.74. The van der Waals surface area contributed by atoms with Crippen LogP contribution in [0.25, 0.3) is 22.0 Å². The fourth-order valence-electron chi connectivity index (χ4n) is 6.07. The average Bonchev–Trinajstić information content (AvgIpc) is 3.62.